The summed E-state index contributed by atoms with van der Waals surface area (Å²) in [6.45, 7) is 9.39. The third-order valence-electron chi connectivity index (χ3n) is 2.73. The first kappa shape index (κ1) is 12.7. The standard InChI is InChI=1S/C12H21N3O/c1-6-12(3,4)8-13-10-7-11(16-5)15-9(2)14-10/h7H,6,8H2,1-5H3,(H,13,14,15). The van der Waals surface area contributed by atoms with Crippen molar-refractivity contribution in [1.82, 2.24) is 9.97 Å². The van der Waals surface area contributed by atoms with Crippen molar-refractivity contribution in [2.24, 2.45) is 5.41 Å². The third kappa shape index (κ3) is 3.68. The minimum absolute atomic E-state index is 0.270. The van der Waals surface area contributed by atoms with Crippen LogP contribution in [0.25, 0.3) is 0 Å². The van der Waals surface area contributed by atoms with Gasteiger partial charge in [-0.2, -0.15) is 4.98 Å². The van der Waals surface area contributed by atoms with Crippen molar-refractivity contribution < 1.29 is 4.74 Å². The van der Waals surface area contributed by atoms with Crippen LogP contribution in [0.4, 0.5) is 5.82 Å². The molecular weight excluding hydrogens is 202 g/mol. The summed E-state index contributed by atoms with van der Waals surface area (Å²) < 4.78 is 5.10. The van der Waals surface area contributed by atoms with Crippen molar-refractivity contribution in [1.29, 1.82) is 0 Å². The van der Waals surface area contributed by atoms with Gasteiger partial charge in [0.05, 0.1) is 7.11 Å². The normalized spacial score (nSPS) is 11.3. The van der Waals surface area contributed by atoms with Gasteiger partial charge in [-0.05, 0) is 18.8 Å². The molecule has 0 aliphatic heterocycles. The van der Waals surface area contributed by atoms with Crippen LogP contribution in [-0.2, 0) is 0 Å². The van der Waals surface area contributed by atoms with E-state index in [1.165, 1.54) is 0 Å². The molecule has 1 N–H and O–H groups in total. The fourth-order valence-electron chi connectivity index (χ4n) is 1.19. The smallest absolute Gasteiger partial charge is 0.218 e. The number of nitrogens with one attached hydrogen (secondary N) is 1. The molecule has 0 fully saturated rings. The average molecular weight is 223 g/mol. The molecule has 0 bridgehead atoms. The molecule has 0 unspecified atom stereocenters. The Morgan fingerprint density at radius 2 is 2.06 bits per heavy atom. The van der Waals surface area contributed by atoms with Crippen LogP contribution < -0.4 is 10.1 Å². The van der Waals surface area contributed by atoms with Gasteiger partial charge in [0.2, 0.25) is 5.88 Å². The van der Waals surface area contributed by atoms with E-state index in [-0.39, 0.29) is 5.41 Å². The van der Waals surface area contributed by atoms with Crippen molar-refractivity contribution in [3.05, 3.63) is 11.9 Å². The maximum Gasteiger partial charge on any atom is 0.218 e. The zero-order valence-electron chi connectivity index (χ0n) is 10.8. The first-order chi connectivity index (χ1) is 7.46. The summed E-state index contributed by atoms with van der Waals surface area (Å²) in [4.78, 5) is 8.46. The van der Waals surface area contributed by atoms with Crippen molar-refractivity contribution in [2.45, 2.75) is 34.1 Å². The number of rotatable bonds is 5. The Morgan fingerprint density at radius 1 is 1.38 bits per heavy atom. The average Bonchev–Trinajstić information content (AvgIpc) is 2.26. The molecule has 4 nitrogen and oxygen atoms in total. The molecule has 0 spiro atoms. The van der Waals surface area contributed by atoms with Crippen molar-refractivity contribution in [3.8, 4) is 5.88 Å². The van der Waals surface area contributed by atoms with E-state index in [0.29, 0.717) is 5.88 Å². The molecule has 1 aromatic heterocycles. The Hall–Kier alpha value is -1.32. The molecule has 0 aliphatic carbocycles. The molecule has 0 radical (unpaired) electrons. The van der Waals surface area contributed by atoms with Gasteiger partial charge in [-0.1, -0.05) is 20.8 Å². The van der Waals surface area contributed by atoms with Gasteiger partial charge < -0.3 is 10.1 Å². The minimum Gasteiger partial charge on any atom is -0.481 e. The monoisotopic (exact) mass is 223 g/mol. The van der Waals surface area contributed by atoms with Gasteiger partial charge in [0, 0.05) is 12.6 Å². The molecule has 0 saturated heterocycles. The van der Waals surface area contributed by atoms with Crippen molar-refractivity contribution >= 4 is 5.82 Å². The van der Waals surface area contributed by atoms with E-state index in [9.17, 15) is 0 Å². The first-order valence-corrected chi connectivity index (χ1v) is 5.60. The summed E-state index contributed by atoms with van der Waals surface area (Å²) in [5.41, 5.74) is 0.270. The molecule has 0 amide bonds. The second-order valence-corrected chi connectivity index (χ2v) is 4.71. The van der Waals surface area contributed by atoms with Gasteiger partial charge in [0.1, 0.15) is 11.6 Å². The predicted octanol–water partition coefficient (Wildman–Crippen LogP) is 2.64. The molecule has 1 rings (SSSR count). The number of ether oxygens (including phenoxy) is 1. The highest BCUT2D eigenvalue weighted by molar-refractivity contribution is 5.38. The van der Waals surface area contributed by atoms with Gasteiger partial charge in [-0.25, -0.2) is 4.98 Å². The van der Waals surface area contributed by atoms with E-state index in [0.717, 1.165) is 24.6 Å². The van der Waals surface area contributed by atoms with Crippen LogP contribution in [0, 0.1) is 12.3 Å². The van der Waals surface area contributed by atoms with E-state index >= 15 is 0 Å². The van der Waals surface area contributed by atoms with Gasteiger partial charge in [-0.3, -0.25) is 0 Å². The van der Waals surface area contributed by atoms with E-state index in [1.807, 2.05) is 13.0 Å². The molecule has 1 aromatic rings. The third-order valence-corrected chi connectivity index (χ3v) is 2.73. The van der Waals surface area contributed by atoms with Crippen LogP contribution in [0.5, 0.6) is 5.88 Å². The molecule has 0 atom stereocenters. The number of hydrogen-bond acceptors (Lipinski definition) is 4. The molecule has 0 aromatic carbocycles. The topological polar surface area (TPSA) is 47.0 Å². The van der Waals surface area contributed by atoms with Crippen LogP contribution in [0.2, 0.25) is 0 Å². The van der Waals surface area contributed by atoms with E-state index in [2.05, 4.69) is 36.1 Å². The van der Waals surface area contributed by atoms with Crippen molar-refractivity contribution in [3.63, 3.8) is 0 Å². The lowest BCUT2D eigenvalue weighted by atomic mass is 9.90. The summed E-state index contributed by atoms with van der Waals surface area (Å²) >= 11 is 0. The highest BCUT2D eigenvalue weighted by Gasteiger charge is 2.15. The van der Waals surface area contributed by atoms with Gasteiger partial charge in [-0.15, -0.1) is 0 Å². The second-order valence-electron chi connectivity index (χ2n) is 4.71. The van der Waals surface area contributed by atoms with Crippen LogP contribution in [0.3, 0.4) is 0 Å². The number of nitrogens with zero attached hydrogens (tertiary/aromatic N) is 2. The number of hydrogen-bond donors (Lipinski definition) is 1. The Bertz CT molecular complexity index is 350. The maximum atomic E-state index is 5.10. The number of aromatic nitrogens is 2. The molecular formula is C12H21N3O. The van der Waals surface area contributed by atoms with Crippen molar-refractivity contribution in [2.75, 3.05) is 19.0 Å². The molecule has 4 heteroatoms. The number of aryl methyl sites for hydroxylation is 1. The second kappa shape index (κ2) is 5.14. The quantitative estimate of drug-likeness (QED) is 0.833. The Morgan fingerprint density at radius 3 is 2.62 bits per heavy atom. The van der Waals surface area contributed by atoms with Gasteiger partial charge in [0.25, 0.3) is 0 Å². The van der Waals surface area contributed by atoms with E-state index in [4.69, 9.17) is 4.74 Å². The van der Waals surface area contributed by atoms with Crippen LogP contribution in [-0.4, -0.2) is 23.6 Å². The number of anilines is 1. The lowest BCUT2D eigenvalue weighted by Crippen LogP contribution is -2.22. The SMILES string of the molecule is CCC(C)(C)CNc1cc(OC)nc(C)n1. The fourth-order valence-corrected chi connectivity index (χ4v) is 1.19. The maximum absolute atomic E-state index is 5.10. The highest BCUT2D eigenvalue weighted by Crippen LogP contribution is 2.21. The molecule has 1 heterocycles. The Balaban J connectivity index is 2.70. The Kier molecular flexibility index (Phi) is 4.10. The number of methoxy groups -OCH3 is 1. The van der Waals surface area contributed by atoms with Crippen LogP contribution in [0.15, 0.2) is 6.07 Å². The van der Waals surface area contributed by atoms with Gasteiger partial charge >= 0.3 is 0 Å². The van der Waals surface area contributed by atoms with E-state index < -0.39 is 0 Å². The summed E-state index contributed by atoms with van der Waals surface area (Å²) in [7, 11) is 1.61. The summed E-state index contributed by atoms with van der Waals surface area (Å²) in [5, 5.41) is 3.32. The Labute approximate surface area is 97.5 Å². The summed E-state index contributed by atoms with van der Waals surface area (Å²) in [6.07, 6.45) is 1.13. The van der Waals surface area contributed by atoms with E-state index in [1.54, 1.807) is 7.11 Å². The summed E-state index contributed by atoms with van der Waals surface area (Å²) in [6, 6.07) is 1.82. The van der Waals surface area contributed by atoms with Gasteiger partial charge in [0.15, 0.2) is 0 Å². The molecule has 0 aliphatic rings. The first-order valence-electron chi connectivity index (χ1n) is 5.60. The van der Waals surface area contributed by atoms with Crippen LogP contribution >= 0.6 is 0 Å². The predicted molar refractivity (Wildman–Crippen MR) is 65.9 cm³/mol. The lowest BCUT2D eigenvalue weighted by Gasteiger charge is -2.23. The summed E-state index contributed by atoms with van der Waals surface area (Å²) in [5.74, 6) is 2.14. The van der Waals surface area contributed by atoms with Crippen LogP contribution in [0.1, 0.15) is 33.0 Å². The largest absolute Gasteiger partial charge is 0.481 e. The fraction of sp³-hybridized carbons (Fsp3) is 0.667. The molecule has 0 saturated carbocycles. The lowest BCUT2D eigenvalue weighted by molar-refractivity contribution is 0.375. The molecule has 90 valence electrons. The minimum atomic E-state index is 0.270. The molecule has 16 heavy (non-hydrogen) atoms. The highest BCUT2D eigenvalue weighted by atomic mass is 16.5. The zero-order valence-corrected chi connectivity index (χ0v) is 10.8. The zero-order chi connectivity index (χ0) is 12.2.